The number of hydrogen-bond acceptors (Lipinski definition) is 2. The van der Waals surface area contributed by atoms with Crippen LogP contribution in [0.2, 0.25) is 5.02 Å². The lowest BCUT2D eigenvalue weighted by atomic mass is 9.84. The molecule has 20 heavy (non-hydrogen) atoms. The fraction of sp³-hybridized carbons (Fsp3) is 0.625. The number of nitrogens with one attached hydrogen (secondary N) is 1. The van der Waals surface area contributed by atoms with Crippen LogP contribution in [0.3, 0.4) is 0 Å². The molecular formula is C16H24ClNOS. The summed E-state index contributed by atoms with van der Waals surface area (Å²) in [7, 11) is -0.974. The van der Waals surface area contributed by atoms with Crippen molar-refractivity contribution in [2.45, 2.75) is 50.0 Å². The van der Waals surface area contributed by atoms with Crippen LogP contribution in [0.1, 0.15) is 39.0 Å². The lowest BCUT2D eigenvalue weighted by Crippen LogP contribution is -2.41. The van der Waals surface area contributed by atoms with E-state index in [1.54, 1.807) is 0 Å². The molecule has 1 aromatic rings. The highest BCUT2D eigenvalue weighted by atomic mass is 35.5. The Morgan fingerprint density at radius 3 is 2.75 bits per heavy atom. The Kier molecular flexibility index (Phi) is 6.53. The minimum Gasteiger partial charge on any atom is -0.313 e. The van der Waals surface area contributed by atoms with Crippen molar-refractivity contribution >= 4 is 22.4 Å². The van der Waals surface area contributed by atoms with Crippen LogP contribution in [0.15, 0.2) is 29.2 Å². The number of rotatable bonds is 6. The van der Waals surface area contributed by atoms with Crippen molar-refractivity contribution in [3.05, 3.63) is 29.3 Å². The van der Waals surface area contributed by atoms with Gasteiger partial charge < -0.3 is 5.32 Å². The minimum atomic E-state index is -0.974. The molecular weight excluding hydrogens is 290 g/mol. The van der Waals surface area contributed by atoms with Crippen LogP contribution in [0.5, 0.6) is 0 Å². The molecule has 0 aliphatic heterocycles. The van der Waals surface area contributed by atoms with Gasteiger partial charge in [0.15, 0.2) is 0 Å². The second-order valence-corrected chi connectivity index (χ2v) is 7.46. The third kappa shape index (κ3) is 4.57. The van der Waals surface area contributed by atoms with E-state index in [4.69, 9.17) is 11.6 Å². The van der Waals surface area contributed by atoms with Crippen LogP contribution in [0, 0.1) is 5.92 Å². The lowest BCUT2D eigenvalue weighted by Gasteiger charge is -2.30. The molecule has 0 aromatic heterocycles. The summed E-state index contributed by atoms with van der Waals surface area (Å²) in [6.07, 6.45) is 6.52. The summed E-state index contributed by atoms with van der Waals surface area (Å²) in [5.74, 6) is 1.37. The topological polar surface area (TPSA) is 29.1 Å². The molecule has 1 fully saturated rings. The maximum absolute atomic E-state index is 12.5. The van der Waals surface area contributed by atoms with Crippen LogP contribution in [-0.4, -0.2) is 22.5 Å². The standard InChI is InChI=1S/C16H24ClNOS/c1-2-18-16(13-7-4-3-5-8-13)12-20(19)15-10-6-9-14(17)11-15/h6,9-11,13,16,18H,2-5,7-8,12H2,1H3. The first-order valence-electron chi connectivity index (χ1n) is 7.58. The molecule has 0 spiro atoms. The average molecular weight is 314 g/mol. The quantitative estimate of drug-likeness (QED) is 0.860. The molecule has 1 aliphatic rings. The van der Waals surface area contributed by atoms with Crippen LogP contribution < -0.4 is 5.32 Å². The van der Waals surface area contributed by atoms with Crippen molar-refractivity contribution in [1.82, 2.24) is 5.32 Å². The molecule has 1 N–H and O–H groups in total. The normalized spacial score (nSPS) is 19.7. The van der Waals surface area contributed by atoms with Crippen molar-refractivity contribution in [3.63, 3.8) is 0 Å². The summed E-state index contributed by atoms with van der Waals surface area (Å²) in [5, 5.41) is 4.20. The third-order valence-corrected chi connectivity index (χ3v) is 5.75. The Labute approximate surface area is 129 Å². The van der Waals surface area contributed by atoms with Crippen LogP contribution in [0.4, 0.5) is 0 Å². The first-order chi connectivity index (χ1) is 9.70. The number of hydrogen-bond donors (Lipinski definition) is 1. The zero-order chi connectivity index (χ0) is 14.4. The van der Waals surface area contributed by atoms with Crippen LogP contribution in [0.25, 0.3) is 0 Å². The van der Waals surface area contributed by atoms with E-state index in [1.807, 2.05) is 24.3 Å². The van der Waals surface area contributed by atoms with Gasteiger partial charge in [0.1, 0.15) is 0 Å². The Balaban J connectivity index is 2.01. The maximum atomic E-state index is 12.5. The molecule has 1 saturated carbocycles. The Bertz CT molecular complexity index is 446. The van der Waals surface area contributed by atoms with E-state index < -0.39 is 10.8 Å². The third-order valence-electron chi connectivity index (χ3n) is 4.08. The van der Waals surface area contributed by atoms with Gasteiger partial charge in [-0.3, -0.25) is 4.21 Å². The number of benzene rings is 1. The smallest absolute Gasteiger partial charge is 0.0545 e. The molecule has 0 heterocycles. The van der Waals surface area contributed by atoms with Gasteiger partial charge >= 0.3 is 0 Å². The summed E-state index contributed by atoms with van der Waals surface area (Å²) in [4.78, 5) is 0.844. The van der Waals surface area contributed by atoms with Gasteiger partial charge in [0.2, 0.25) is 0 Å². The highest BCUT2D eigenvalue weighted by molar-refractivity contribution is 7.85. The minimum absolute atomic E-state index is 0.361. The van der Waals surface area contributed by atoms with Gasteiger partial charge in [-0.25, -0.2) is 0 Å². The monoisotopic (exact) mass is 313 g/mol. The van der Waals surface area contributed by atoms with Crippen molar-refractivity contribution in [2.24, 2.45) is 5.92 Å². The molecule has 2 nitrogen and oxygen atoms in total. The Morgan fingerprint density at radius 1 is 1.35 bits per heavy atom. The van der Waals surface area contributed by atoms with Crippen LogP contribution in [-0.2, 0) is 10.8 Å². The zero-order valence-electron chi connectivity index (χ0n) is 12.1. The highest BCUT2D eigenvalue weighted by Gasteiger charge is 2.25. The van der Waals surface area contributed by atoms with Gasteiger partial charge in [-0.15, -0.1) is 0 Å². The average Bonchev–Trinajstić information content (AvgIpc) is 2.47. The summed E-state index contributed by atoms with van der Waals surface area (Å²) in [5.41, 5.74) is 0. The molecule has 2 rings (SSSR count). The molecule has 0 amide bonds. The fourth-order valence-corrected chi connectivity index (χ4v) is 4.68. The van der Waals surface area contributed by atoms with Crippen molar-refractivity contribution in [2.75, 3.05) is 12.3 Å². The lowest BCUT2D eigenvalue weighted by molar-refractivity contribution is 0.287. The van der Waals surface area contributed by atoms with E-state index in [-0.39, 0.29) is 0 Å². The fourth-order valence-electron chi connectivity index (χ4n) is 3.03. The molecule has 0 radical (unpaired) electrons. The van der Waals surface area contributed by atoms with Gasteiger partial charge in [-0.2, -0.15) is 0 Å². The molecule has 2 atom stereocenters. The second-order valence-electron chi connectivity index (χ2n) is 5.53. The van der Waals surface area contributed by atoms with E-state index in [9.17, 15) is 4.21 Å². The van der Waals surface area contributed by atoms with Gasteiger partial charge in [-0.05, 0) is 43.5 Å². The van der Waals surface area contributed by atoms with E-state index in [0.29, 0.717) is 22.7 Å². The summed E-state index contributed by atoms with van der Waals surface area (Å²) in [6, 6.07) is 7.79. The first kappa shape index (κ1) is 16.0. The molecule has 0 saturated heterocycles. The maximum Gasteiger partial charge on any atom is 0.0545 e. The van der Waals surface area contributed by atoms with Crippen molar-refractivity contribution < 1.29 is 4.21 Å². The largest absolute Gasteiger partial charge is 0.313 e. The summed E-state index contributed by atoms with van der Waals surface area (Å²) < 4.78 is 12.5. The van der Waals surface area contributed by atoms with Gasteiger partial charge in [0.05, 0.1) is 10.8 Å². The van der Waals surface area contributed by atoms with Crippen molar-refractivity contribution in [1.29, 1.82) is 0 Å². The van der Waals surface area contributed by atoms with Gasteiger partial charge in [0.25, 0.3) is 0 Å². The number of halogens is 1. The molecule has 1 aromatic carbocycles. The molecule has 4 heteroatoms. The van der Waals surface area contributed by atoms with Crippen molar-refractivity contribution in [3.8, 4) is 0 Å². The van der Waals surface area contributed by atoms with E-state index in [1.165, 1.54) is 32.1 Å². The highest BCUT2D eigenvalue weighted by Crippen LogP contribution is 2.27. The second kappa shape index (κ2) is 8.16. The zero-order valence-corrected chi connectivity index (χ0v) is 13.7. The van der Waals surface area contributed by atoms with Crippen LogP contribution >= 0.6 is 11.6 Å². The molecule has 0 bridgehead atoms. The van der Waals surface area contributed by atoms with E-state index in [2.05, 4.69) is 12.2 Å². The molecule has 1 aliphatic carbocycles. The molecule has 2 unspecified atom stereocenters. The predicted octanol–water partition coefficient (Wildman–Crippen LogP) is 4.01. The van der Waals surface area contributed by atoms with E-state index >= 15 is 0 Å². The Morgan fingerprint density at radius 2 is 2.10 bits per heavy atom. The first-order valence-corrected chi connectivity index (χ1v) is 9.27. The summed E-state index contributed by atoms with van der Waals surface area (Å²) in [6.45, 7) is 3.06. The van der Waals surface area contributed by atoms with Gasteiger partial charge in [0, 0.05) is 21.7 Å². The van der Waals surface area contributed by atoms with E-state index in [0.717, 1.165) is 11.4 Å². The Hall–Kier alpha value is -0.380. The summed E-state index contributed by atoms with van der Waals surface area (Å²) >= 11 is 5.99. The predicted molar refractivity (Wildman–Crippen MR) is 86.8 cm³/mol. The molecule has 112 valence electrons. The SMILES string of the molecule is CCNC(CS(=O)c1cccc(Cl)c1)C1CCCCC1. The van der Waals surface area contributed by atoms with Gasteiger partial charge in [-0.1, -0.05) is 43.9 Å².